The molecule has 1 heterocycles. The van der Waals surface area contributed by atoms with Crippen molar-refractivity contribution >= 4 is 11.9 Å². The van der Waals surface area contributed by atoms with E-state index in [1.165, 1.54) is 0 Å². The van der Waals surface area contributed by atoms with Gasteiger partial charge in [0.2, 0.25) is 5.91 Å². The molecule has 0 radical (unpaired) electrons. The number of amides is 1. The second-order valence-electron chi connectivity index (χ2n) is 5.33. The molecular formula is C14H28N4O. The molecule has 19 heavy (non-hydrogen) atoms. The number of hydrogen-bond donors (Lipinski definition) is 2. The van der Waals surface area contributed by atoms with Crippen molar-refractivity contribution in [3.63, 3.8) is 0 Å². The average Bonchev–Trinajstić information content (AvgIpc) is 2.83. The number of hydrogen-bond acceptors (Lipinski definition) is 2. The number of carbonyl (C=O) groups excluding carboxylic acids is 1. The number of likely N-dealkylation sites (tertiary alicyclic amines) is 1. The first-order valence-electron chi connectivity index (χ1n) is 7.42. The third kappa shape index (κ3) is 5.09. The van der Waals surface area contributed by atoms with Crippen LogP contribution in [-0.4, -0.2) is 49.0 Å². The summed E-state index contributed by atoms with van der Waals surface area (Å²) in [6.07, 6.45) is 2.04. The second-order valence-corrected chi connectivity index (χ2v) is 5.33. The highest BCUT2D eigenvalue weighted by molar-refractivity contribution is 5.81. The molecule has 110 valence electrons. The van der Waals surface area contributed by atoms with Gasteiger partial charge in [0.05, 0.1) is 0 Å². The quantitative estimate of drug-likeness (QED) is 0.582. The monoisotopic (exact) mass is 268 g/mol. The maximum absolute atomic E-state index is 11.9. The van der Waals surface area contributed by atoms with Crippen molar-refractivity contribution in [1.82, 2.24) is 15.5 Å². The molecule has 1 unspecified atom stereocenters. The van der Waals surface area contributed by atoms with E-state index in [-0.39, 0.29) is 11.8 Å². The predicted octanol–water partition coefficient (Wildman–Crippen LogP) is 1.21. The molecule has 2 N–H and O–H groups in total. The molecule has 0 aromatic carbocycles. The van der Waals surface area contributed by atoms with Gasteiger partial charge in [-0.05, 0) is 19.8 Å². The van der Waals surface area contributed by atoms with Crippen molar-refractivity contribution < 1.29 is 4.79 Å². The number of nitrogens with one attached hydrogen (secondary N) is 2. The Balaban J connectivity index is 2.47. The van der Waals surface area contributed by atoms with Crippen LogP contribution in [0.5, 0.6) is 0 Å². The van der Waals surface area contributed by atoms with Crippen LogP contribution in [0.15, 0.2) is 4.99 Å². The molecule has 0 aromatic heterocycles. The molecule has 5 nitrogen and oxygen atoms in total. The summed E-state index contributed by atoms with van der Waals surface area (Å²) in [5.41, 5.74) is 0. The summed E-state index contributed by atoms with van der Waals surface area (Å²) in [4.78, 5) is 18.4. The molecule has 0 spiro atoms. The molecule has 5 heteroatoms. The Bertz CT molecular complexity index is 315. The van der Waals surface area contributed by atoms with E-state index in [0.717, 1.165) is 45.0 Å². The van der Waals surface area contributed by atoms with E-state index >= 15 is 0 Å². The van der Waals surface area contributed by atoms with Crippen LogP contribution >= 0.6 is 0 Å². The van der Waals surface area contributed by atoms with E-state index in [1.807, 2.05) is 18.7 Å². The number of rotatable bonds is 5. The van der Waals surface area contributed by atoms with Gasteiger partial charge in [0.1, 0.15) is 0 Å². The van der Waals surface area contributed by atoms with E-state index in [1.54, 1.807) is 0 Å². The molecule has 0 saturated carbocycles. The average molecular weight is 268 g/mol. The van der Waals surface area contributed by atoms with Gasteiger partial charge < -0.3 is 15.5 Å². The largest absolute Gasteiger partial charge is 0.357 e. The minimum atomic E-state index is 0.0840. The van der Waals surface area contributed by atoms with Gasteiger partial charge >= 0.3 is 0 Å². The maximum atomic E-state index is 11.9. The van der Waals surface area contributed by atoms with Crippen LogP contribution < -0.4 is 10.6 Å². The van der Waals surface area contributed by atoms with Gasteiger partial charge in [-0.2, -0.15) is 0 Å². The normalized spacial score (nSPS) is 19.9. The molecule has 0 aromatic rings. The Kier molecular flexibility index (Phi) is 6.67. The lowest BCUT2D eigenvalue weighted by molar-refractivity contribution is -0.133. The van der Waals surface area contributed by atoms with Crippen molar-refractivity contribution in [2.75, 3.05) is 26.2 Å². The molecule has 1 aliphatic heterocycles. The summed E-state index contributed by atoms with van der Waals surface area (Å²) in [6, 6.07) is 0.317. The van der Waals surface area contributed by atoms with Crippen LogP contribution in [-0.2, 0) is 4.79 Å². The summed E-state index contributed by atoms with van der Waals surface area (Å²) in [5, 5.41) is 6.67. The minimum absolute atomic E-state index is 0.0840. The molecule has 0 bridgehead atoms. The Morgan fingerprint density at radius 3 is 2.74 bits per heavy atom. The first kappa shape index (κ1) is 15.8. The highest BCUT2D eigenvalue weighted by atomic mass is 16.2. The Labute approximate surface area is 116 Å². The van der Waals surface area contributed by atoms with Crippen molar-refractivity contribution in [1.29, 1.82) is 0 Å². The lowest BCUT2D eigenvalue weighted by Gasteiger charge is -2.20. The van der Waals surface area contributed by atoms with E-state index in [2.05, 4.69) is 29.5 Å². The van der Waals surface area contributed by atoms with Crippen molar-refractivity contribution in [2.24, 2.45) is 10.9 Å². The molecule has 0 aliphatic carbocycles. The highest BCUT2D eigenvalue weighted by Gasteiger charge is 2.27. The zero-order valence-corrected chi connectivity index (χ0v) is 12.7. The summed E-state index contributed by atoms with van der Waals surface area (Å²) < 4.78 is 0. The molecule has 1 atom stereocenters. The van der Waals surface area contributed by atoms with Gasteiger partial charge in [-0.25, -0.2) is 0 Å². The Hall–Kier alpha value is -1.26. The van der Waals surface area contributed by atoms with Crippen LogP contribution in [0, 0.1) is 5.92 Å². The molecule has 1 saturated heterocycles. The van der Waals surface area contributed by atoms with Gasteiger partial charge in [-0.15, -0.1) is 0 Å². The highest BCUT2D eigenvalue weighted by Crippen LogP contribution is 2.12. The smallest absolute Gasteiger partial charge is 0.225 e. The van der Waals surface area contributed by atoms with Gasteiger partial charge in [-0.1, -0.05) is 20.8 Å². The van der Waals surface area contributed by atoms with Crippen molar-refractivity contribution in [2.45, 2.75) is 46.6 Å². The fourth-order valence-corrected chi connectivity index (χ4v) is 2.18. The first-order chi connectivity index (χ1) is 9.08. The number of guanidine groups is 1. The lowest BCUT2D eigenvalue weighted by Crippen LogP contribution is -2.45. The van der Waals surface area contributed by atoms with Gasteiger partial charge in [0, 0.05) is 38.1 Å². The number of nitrogens with zero attached hydrogens (tertiary/aromatic N) is 2. The second kappa shape index (κ2) is 8.02. The standard InChI is InChI=1S/C14H28N4O/c1-5-8-16-14(15-6-2)17-12-7-9-18(10-12)13(19)11(3)4/h11-12H,5-10H2,1-4H3,(H2,15,16,17). The van der Waals surface area contributed by atoms with Crippen LogP contribution in [0.2, 0.25) is 0 Å². The maximum Gasteiger partial charge on any atom is 0.225 e. The summed E-state index contributed by atoms with van der Waals surface area (Å²) >= 11 is 0. The predicted molar refractivity (Wildman–Crippen MR) is 79.2 cm³/mol. The lowest BCUT2D eigenvalue weighted by atomic mass is 10.2. The van der Waals surface area contributed by atoms with Crippen LogP contribution in [0.3, 0.4) is 0 Å². The third-order valence-electron chi connectivity index (χ3n) is 3.17. The van der Waals surface area contributed by atoms with Crippen molar-refractivity contribution in [3.8, 4) is 0 Å². The molecule has 1 aliphatic rings. The van der Waals surface area contributed by atoms with Gasteiger partial charge in [-0.3, -0.25) is 9.79 Å². The summed E-state index contributed by atoms with van der Waals surface area (Å²) in [7, 11) is 0. The molecular weight excluding hydrogens is 240 g/mol. The van der Waals surface area contributed by atoms with Crippen LogP contribution in [0.1, 0.15) is 40.5 Å². The summed E-state index contributed by atoms with van der Waals surface area (Å²) in [5.74, 6) is 1.20. The zero-order valence-electron chi connectivity index (χ0n) is 12.7. The van der Waals surface area contributed by atoms with E-state index in [0.29, 0.717) is 6.04 Å². The van der Waals surface area contributed by atoms with E-state index in [9.17, 15) is 4.79 Å². The Morgan fingerprint density at radius 2 is 2.16 bits per heavy atom. The number of carbonyl (C=O) groups is 1. The fraction of sp³-hybridized carbons (Fsp3) is 0.857. The Morgan fingerprint density at radius 1 is 1.42 bits per heavy atom. The molecule has 1 amide bonds. The van der Waals surface area contributed by atoms with Gasteiger partial charge in [0.15, 0.2) is 5.96 Å². The third-order valence-corrected chi connectivity index (χ3v) is 3.17. The minimum Gasteiger partial charge on any atom is -0.357 e. The molecule has 1 fully saturated rings. The number of aliphatic imine (C=N–C) groups is 1. The first-order valence-corrected chi connectivity index (χ1v) is 7.42. The van der Waals surface area contributed by atoms with Crippen LogP contribution in [0.4, 0.5) is 0 Å². The summed E-state index contributed by atoms with van der Waals surface area (Å²) in [6.45, 7) is 11.4. The van der Waals surface area contributed by atoms with Gasteiger partial charge in [0.25, 0.3) is 0 Å². The van der Waals surface area contributed by atoms with Crippen LogP contribution in [0.25, 0.3) is 0 Å². The fourth-order valence-electron chi connectivity index (χ4n) is 2.18. The van der Waals surface area contributed by atoms with E-state index < -0.39 is 0 Å². The van der Waals surface area contributed by atoms with E-state index in [4.69, 9.17) is 0 Å². The zero-order chi connectivity index (χ0) is 14.3. The molecule has 1 rings (SSSR count). The van der Waals surface area contributed by atoms with Crippen molar-refractivity contribution in [3.05, 3.63) is 0 Å². The topological polar surface area (TPSA) is 56.7 Å². The SMILES string of the molecule is CCCN=C(NCC)NC1CCN(C(=O)C(C)C)C1.